The first-order valence-electron chi connectivity index (χ1n) is 15.4. The van der Waals surface area contributed by atoms with Crippen molar-refractivity contribution in [3.05, 3.63) is 83.9 Å². The normalized spacial score (nSPS) is 14.2. The Kier molecular flexibility index (Phi) is 12.3. The number of carbonyl (C=O) groups is 1. The summed E-state index contributed by atoms with van der Waals surface area (Å²) in [5.41, 5.74) is 2.19. The SMILES string of the molecule is CCCCCCCN1CCN(C(=N)c2cccc(NC(=O)Nc3ccc(S(=O)(=O)NCc4ccc(S(N)(=O)=O)cc4)cc3)c2)CC1. The second-order valence-electron chi connectivity index (χ2n) is 11.3. The van der Waals surface area contributed by atoms with Crippen molar-refractivity contribution in [2.45, 2.75) is 55.4 Å². The molecule has 12 nitrogen and oxygen atoms in total. The number of rotatable bonds is 14. The highest BCUT2D eigenvalue weighted by Crippen LogP contribution is 2.18. The van der Waals surface area contributed by atoms with E-state index in [-0.39, 0.29) is 16.3 Å². The van der Waals surface area contributed by atoms with Crippen LogP contribution in [-0.2, 0) is 26.6 Å². The summed E-state index contributed by atoms with van der Waals surface area (Å²) in [6.45, 7) is 6.73. The van der Waals surface area contributed by atoms with Gasteiger partial charge in [0.05, 0.1) is 9.79 Å². The fourth-order valence-corrected chi connectivity index (χ4v) is 6.66. The van der Waals surface area contributed by atoms with Gasteiger partial charge in [0.1, 0.15) is 5.84 Å². The number of hydrogen-bond donors (Lipinski definition) is 5. The largest absolute Gasteiger partial charge is 0.354 e. The van der Waals surface area contributed by atoms with E-state index in [2.05, 4.69) is 32.1 Å². The molecule has 0 atom stereocenters. The Bertz CT molecular complexity index is 1690. The number of urea groups is 1. The van der Waals surface area contributed by atoms with Gasteiger partial charge in [0.2, 0.25) is 20.0 Å². The predicted molar refractivity (Wildman–Crippen MR) is 181 cm³/mol. The Morgan fingerprint density at radius 1 is 0.804 bits per heavy atom. The van der Waals surface area contributed by atoms with E-state index in [1.807, 2.05) is 6.07 Å². The maximum absolute atomic E-state index is 12.7. The van der Waals surface area contributed by atoms with E-state index in [1.165, 1.54) is 80.6 Å². The molecule has 3 aromatic rings. The van der Waals surface area contributed by atoms with Gasteiger partial charge in [0.15, 0.2) is 0 Å². The summed E-state index contributed by atoms with van der Waals surface area (Å²) in [5.74, 6) is 0.428. The number of piperazine rings is 1. The molecule has 0 spiro atoms. The molecule has 1 aliphatic heterocycles. The molecule has 0 aliphatic carbocycles. The van der Waals surface area contributed by atoms with Crippen LogP contribution in [0.3, 0.4) is 0 Å². The van der Waals surface area contributed by atoms with E-state index >= 15 is 0 Å². The van der Waals surface area contributed by atoms with Crippen LogP contribution < -0.4 is 20.5 Å². The molecule has 0 radical (unpaired) electrons. The third-order valence-corrected chi connectivity index (χ3v) is 10.1. The van der Waals surface area contributed by atoms with Gasteiger partial charge in [-0.1, -0.05) is 56.9 Å². The zero-order valence-electron chi connectivity index (χ0n) is 26.0. The molecule has 0 bridgehead atoms. The Labute approximate surface area is 272 Å². The quantitative estimate of drug-likeness (QED) is 0.0961. The second kappa shape index (κ2) is 16.1. The Morgan fingerprint density at radius 3 is 2.09 bits per heavy atom. The number of sulfonamides is 2. The Hall–Kier alpha value is -3.82. The molecule has 1 aliphatic rings. The second-order valence-corrected chi connectivity index (χ2v) is 14.6. The average molecular weight is 670 g/mol. The number of hydrogen-bond acceptors (Lipinski definition) is 7. The van der Waals surface area contributed by atoms with Gasteiger partial charge in [0.25, 0.3) is 0 Å². The Morgan fingerprint density at radius 2 is 1.43 bits per heavy atom. The minimum absolute atomic E-state index is 0.00126. The van der Waals surface area contributed by atoms with Crippen LogP contribution in [0.4, 0.5) is 16.2 Å². The number of anilines is 2. The molecule has 46 heavy (non-hydrogen) atoms. The Balaban J connectivity index is 1.25. The first-order valence-corrected chi connectivity index (χ1v) is 18.4. The molecule has 2 amide bonds. The number of amidine groups is 1. The lowest BCUT2D eigenvalue weighted by molar-refractivity contribution is 0.179. The maximum Gasteiger partial charge on any atom is 0.323 e. The summed E-state index contributed by atoms with van der Waals surface area (Å²) in [4.78, 5) is 17.2. The number of primary sulfonamides is 1. The summed E-state index contributed by atoms with van der Waals surface area (Å²) >= 11 is 0. The van der Waals surface area contributed by atoms with Crippen LogP contribution in [-0.4, -0.2) is 71.2 Å². The average Bonchev–Trinajstić information content (AvgIpc) is 3.04. The first-order chi connectivity index (χ1) is 21.9. The molecule has 1 saturated heterocycles. The van der Waals surface area contributed by atoms with Crippen molar-refractivity contribution in [1.29, 1.82) is 5.41 Å². The van der Waals surface area contributed by atoms with E-state index in [0.29, 0.717) is 28.3 Å². The van der Waals surface area contributed by atoms with Crippen LogP contribution in [0.1, 0.15) is 50.2 Å². The van der Waals surface area contributed by atoms with Gasteiger partial charge < -0.3 is 15.5 Å². The number of nitrogens with two attached hydrogens (primary N) is 1. The molecule has 0 saturated carbocycles. The fraction of sp³-hybridized carbons (Fsp3) is 0.375. The van der Waals surface area contributed by atoms with E-state index in [0.717, 1.165) is 32.7 Å². The summed E-state index contributed by atoms with van der Waals surface area (Å²) < 4.78 is 50.8. The van der Waals surface area contributed by atoms with Crippen molar-refractivity contribution in [2.24, 2.45) is 5.14 Å². The highest BCUT2D eigenvalue weighted by Gasteiger charge is 2.20. The summed E-state index contributed by atoms with van der Waals surface area (Å²) in [5, 5.41) is 19.3. The number of amides is 2. The van der Waals surface area contributed by atoms with Gasteiger partial charge >= 0.3 is 6.03 Å². The van der Waals surface area contributed by atoms with Gasteiger partial charge in [0, 0.05) is 49.7 Å². The first kappa shape index (κ1) is 35.0. The maximum atomic E-state index is 12.7. The van der Waals surface area contributed by atoms with Crippen LogP contribution >= 0.6 is 0 Å². The monoisotopic (exact) mass is 669 g/mol. The molecule has 1 heterocycles. The van der Waals surface area contributed by atoms with Crippen molar-refractivity contribution in [3.8, 4) is 0 Å². The number of benzene rings is 3. The lowest BCUT2D eigenvalue weighted by Gasteiger charge is -2.36. The van der Waals surface area contributed by atoms with Crippen molar-refractivity contribution in [3.63, 3.8) is 0 Å². The number of nitrogens with one attached hydrogen (secondary N) is 4. The summed E-state index contributed by atoms with van der Waals surface area (Å²) in [6.07, 6.45) is 6.34. The minimum Gasteiger partial charge on any atom is -0.354 e. The zero-order chi connectivity index (χ0) is 33.2. The zero-order valence-corrected chi connectivity index (χ0v) is 27.7. The molecule has 6 N–H and O–H groups in total. The molecule has 3 aromatic carbocycles. The van der Waals surface area contributed by atoms with Crippen molar-refractivity contribution < 1.29 is 21.6 Å². The summed E-state index contributed by atoms with van der Waals surface area (Å²) in [7, 11) is -7.71. The lowest BCUT2D eigenvalue weighted by Crippen LogP contribution is -2.48. The standard InChI is InChI=1S/C32H43N7O5S2/c1-2-3-4-5-6-18-38-19-21-39(22-20-38)31(33)26-8-7-9-28(23-26)37-32(40)36-27-12-16-30(17-13-27)46(43,44)35-24-25-10-14-29(15-11-25)45(34,41)42/h7-17,23,33,35H,2-6,18-22,24H2,1H3,(H2,34,41,42)(H2,36,37,40). The van der Waals surface area contributed by atoms with Crippen molar-refractivity contribution in [1.82, 2.24) is 14.5 Å². The van der Waals surface area contributed by atoms with Crippen LogP contribution in [0.25, 0.3) is 0 Å². The molecular weight excluding hydrogens is 627 g/mol. The van der Waals surface area contributed by atoms with Gasteiger partial charge in [-0.25, -0.2) is 31.5 Å². The minimum atomic E-state index is -3.87. The fourth-order valence-electron chi connectivity index (χ4n) is 5.13. The van der Waals surface area contributed by atoms with E-state index in [9.17, 15) is 21.6 Å². The van der Waals surface area contributed by atoms with Gasteiger partial charge in [-0.15, -0.1) is 0 Å². The van der Waals surface area contributed by atoms with Crippen LogP contribution in [0.15, 0.2) is 82.6 Å². The third-order valence-electron chi connectivity index (χ3n) is 7.80. The number of carbonyl (C=O) groups excluding carboxylic acids is 1. The number of nitrogens with zero attached hydrogens (tertiary/aromatic N) is 2. The van der Waals surface area contributed by atoms with Gasteiger partial charge in [-0.05, 0) is 67.1 Å². The predicted octanol–water partition coefficient (Wildman–Crippen LogP) is 4.37. The molecule has 14 heteroatoms. The van der Waals surface area contributed by atoms with Crippen LogP contribution in [0.2, 0.25) is 0 Å². The van der Waals surface area contributed by atoms with Gasteiger partial charge in [-0.3, -0.25) is 10.3 Å². The summed E-state index contributed by atoms with van der Waals surface area (Å²) in [6, 6.07) is 17.9. The smallest absolute Gasteiger partial charge is 0.323 e. The van der Waals surface area contributed by atoms with Crippen LogP contribution in [0, 0.1) is 5.41 Å². The molecule has 0 unspecified atom stereocenters. The molecule has 4 rings (SSSR count). The van der Waals surface area contributed by atoms with Crippen molar-refractivity contribution >= 4 is 43.3 Å². The third kappa shape index (κ3) is 10.4. The molecule has 1 fully saturated rings. The van der Waals surface area contributed by atoms with E-state index in [4.69, 9.17) is 10.5 Å². The lowest BCUT2D eigenvalue weighted by atomic mass is 10.1. The molecule has 0 aromatic heterocycles. The van der Waals surface area contributed by atoms with E-state index < -0.39 is 26.1 Å². The highest BCUT2D eigenvalue weighted by atomic mass is 32.2. The van der Waals surface area contributed by atoms with E-state index in [1.54, 1.807) is 18.2 Å². The topological polar surface area (TPSA) is 178 Å². The number of unbranched alkanes of at least 4 members (excludes halogenated alkanes) is 4. The van der Waals surface area contributed by atoms with Gasteiger partial charge in [-0.2, -0.15) is 0 Å². The molecular formula is C32H43N7O5S2. The van der Waals surface area contributed by atoms with Crippen LogP contribution in [0.5, 0.6) is 0 Å². The highest BCUT2D eigenvalue weighted by molar-refractivity contribution is 7.89. The molecule has 248 valence electrons. The van der Waals surface area contributed by atoms with Crippen molar-refractivity contribution in [2.75, 3.05) is 43.4 Å².